The summed E-state index contributed by atoms with van der Waals surface area (Å²) in [6.45, 7) is 2.16. The summed E-state index contributed by atoms with van der Waals surface area (Å²) in [5.41, 5.74) is 1.02. The molecule has 0 aromatic heterocycles. The number of carboxylic acid groups (broad SMARTS) is 1. The van der Waals surface area contributed by atoms with Crippen molar-refractivity contribution in [2.75, 3.05) is 26.7 Å². The van der Waals surface area contributed by atoms with E-state index in [2.05, 4.69) is 5.32 Å². The average molecular weight is 350 g/mol. The molecule has 1 aliphatic rings. The highest BCUT2D eigenvalue weighted by Crippen LogP contribution is 2.21. The number of nitrogens with zero attached hydrogens (tertiary/aromatic N) is 1. The highest BCUT2D eigenvalue weighted by atomic mass is 16.5. The number of aliphatic carboxylic acids is 1. The Morgan fingerprint density at radius 3 is 2.68 bits per heavy atom. The smallest absolute Gasteiger partial charge is 0.317 e. The predicted octanol–water partition coefficient (Wildman–Crippen LogP) is 2.25. The first-order valence-electron chi connectivity index (χ1n) is 8.58. The van der Waals surface area contributed by atoms with Crippen LogP contribution in [0.2, 0.25) is 0 Å². The second kappa shape index (κ2) is 9.88. The fourth-order valence-corrected chi connectivity index (χ4v) is 2.80. The Labute approximate surface area is 147 Å². The number of nitrogens with one attached hydrogen (secondary N) is 1. The van der Waals surface area contributed by atoms with Crippen molar-refractivity contribution < 1.29 is 24.2 Å². The van der Waals surface area contributed by atoms with Crippen LogP contribution in [0, 0.1) is 0 Å². The molecule has 1 aromatic rings. The molecule has 7 nitrogen and oxygen atoms in total. The number of para-hydroxylation sites is 1. The Hall–Kier alpha value is -2.28. The summed E-state index contributed by atoms with van der Waals surface area (Å²) in [6, 6.07) is 7.65. The molecule has 138 valence electrons. The van der Waals surface area contributed by atoms with Crippen LogP contribution in [0.5, 0.6) is 5.75 Å². The number of urea groups is 1. The second-order valence-electron chi connectivity index (χ2n) is 6.04. The summed E-state index contributed by atoms with van der Waals surface area (Å²) in [5, 5.41) is 11.3. The molecule has 0 atom stereocenters. The molecular weight excluding hydrogens is 324 g/mol. The third kappa shape index (κ3) is 6.26. The lowest BCUT2D eigenvalue weighted by atomic mass is 10.1. The van der Waals surface area contributed by atoms with Crippen LogP contribution in [0.4, 0.5) is 4.79 Å². The van der Waals surface area contributed by atoms with E-state index in [9.17, 15) is 9.59 Å². The third-order valence-electron chi connectivity index (χ3n) is 4.24. The highest BCUT2D eigenvalue weighted by molar-refractivity contribution is 5.74. The zero-order chi connectivity index (χ0) is 18.1. The van der Waals surface area contributed by atoms with E-state index in [4.69, 9.17) is 14.6 Å². The predicted molar refractivity (Wildman–Crippen MR) is 92.6 cm³/mol. The van der Waals surface area contributed by atoms with E-state index >= 15 is 0 Å². The van der Waals surface area contributed by atoms with Gasteiger partial charge < -0.3 is 24.8 Å². The minimum atomic E-state index is -0.845. The molecule has 2 amide bonds. The first-order valence-corrected chi connectivity index (χ1v) is 8.58. The van der Waals surface area contributed by atoms with Crippen molar-refractivity contribution in [2.24, 2.45) is 0 Å². The summed E-state index contributed by atoms with van der Waals surface area (Å²) in [5.74, 6) is -0.0251. The summed E-state index contributed by atoms with van der Waals surface area (Å²) in [4.78, 5) is 24.2. The number of hydrogen-bond donors (Lipinski definition) is 2. The molecule has 0 spiro atoms. The molecule has 1 fully saturated rings. The van der Waals surface area contributed by atoms with Crippen LogP contribution < -0.4 is 10.1 Å². The van der Waals surface area contributed by atoms with Gasteiger partial charge in [-0.1, -0.05) is 18.2 Å². The Morgan fingerprint density at radius 2 is 2.00 bits per heavy atom. The molecule has 0 bridgehead atoms. The van der Waals surface area contributed by atoms with Gasteiger partial charge in [-0.25, -0.2) is 4.79 Å². The van der Waals surface area contributed by atoms with E-state index < -0.39 is 5.97 Å². The number of hydrogen-bond acceptors (Lipinski definition) is 4. The van der Waals surface area contributed by atoms with Gasteiger partial charge in [0.2, 0.25) is 0 Å². The van der Waals surface area contributed by atoms with Crippen molar-refractivity contribution >= 4 is 12.0 Å². The second-order valence-corrected chi connectivity index (χ2v) is 6.04. The van der Waals surface area contributed by atoms with Crippen molar-refractivity contribution in [2.45, 2.75) is 38.4 Å². The molecule has 1 aromatic carbocycles. The standard InChI is InChI=1S/C18H26N2O5/c1-24-16-6-3-2-5-14(16)13-25-15-8-11-20(12-9-15)18(23)19-10-4-7-17(21)22/h2-3,5-6,15H,4,7-13H2,1H3,(H,19,23)(H,21,22). The number of ether oxygens (including phenoxy) is 2. The zero-order valence-corrected chi connectivity index (χ0v) is 14.6. The van der Waals surface area contributed by atoms with Crippen LogP contribution in [-0.2, 0) is 16.1 Å². The normalized spacial score (nSPS) is 15.0. The molecular formula is C18H26N2O5. The Morgan fingerprint density at radius 1 is 1.28 bits per heavy atom. The van der Waals surface area contributed by atoms with Gasteiger partial charge in [0, 0.05) is 31.6 Å². The van der Waals surface area contributed by atoms with Crippen LogP contribution in [-0.4, -0.2) is 54.9 Å². The number of piperidine rings is 1. The van der Waals surface area contributed by atoms with Crippen LogP contribution >= 0.6 is 0 Å². The minimum absolute atomic E-state index is 0.0686. The summed E-state index contributed by atoms with van der Waals surface area (Å²) in [7, 11) is 1.65. The molecule has 1 aliphatic heterocycles. The van der Waals surface area contributed by atoms with Crippen molar-refractivity contribution in [3.63, 3.8) is 0 Å². The number of methoxy groups -OCH3 is 1. The fraction of sp³-hybridized carbons (Fsp3) is 0.556. The maximum absolute atomic E-state index is 12.0. The molecule has 2 rings (SSSR count). The lowest BCUT2D eigenvalue weighted by molar-refractivity contribution is -0.137. The van der Waals surface area contributed by atoms with Crippen LogP contribution in [0.1, 0.15) is 31.2 Å². The Balaban J connectivity index is 1.67. The van der Waals surface area contributed by atoms with Gasteiger partial charge in [-0.3, -0.25) is 4.79 Å². The van der Waals surface area contributed by atoms with E-state index in [-0.39, 0.29) is 18.6 Å². The van der Waals surface area contributed by atoms with Crippen LogP contribution in [0.25, 0.3) is 0 Å². The van der Waals surface area contributed by atoms with E-state index in [1.807, 2.05) is 24.3 Å². The van der Waals surface area contributed by atoms with Gasteiger partial charge in [0.05, 0.1) is 19.8 Å². The molecule has 2 N–H and O–H groups in total. The Bertz CT molecular complexity index is 570. The molecule has 0 aliphatic carbocycles. The van der Waals surface area contributed by atoms with Crippen molar-refractivity contribution in [1.82, 2.24) is 10.2 Å². The van der Waals surface area contributed by atoms with E-state index in [0.29, 0.717) is 32.7 Å². The van der Waals surface area contributed by atoms with Gasteiger partial charge in [-0.15, -0.1) is 0 Å². The van der Waals surface area contributed by atoms with Crippen molar-refractivity contribution in [3.8, 4) is 5.75 Å². The number of carboxylic acids is 1. The minimum Gasteiger partial charge on any atom is -0.496 e. The third-order valence-corrected chi connectivity index (χ3v) is 4.24. The summed E-state index contributed by atoms with van der Waals surface area (Å²) >= 11 is 0. The van der Waals surface area contributed by atoms with E-state index in [1.54, 1.807) is 12.0 Å². The summed E-state index contributed by atoms with van der Waals surface area (Å²) in [6.07, 6.45) is 2.22. The molecule has 7 heteroatoms. The molecule has 0 radical (unpaired) electrons. The van der Waals surface area contributed by atoms with Crippen LogP contribution in [0.15, 0.2) is 24.3 Å². The van der Waals surface area contributed by atoms with Crippen LogP contribution in [0.3, 0.4) is 0 Å². The highest BCUT2D eigenvalue weighted by Gasteiger charge is 2.23. The van der Waals surface area contributed by atoms with Gasteiger partial charge in [0.25, 0.3) is 0 Å². The maximum Gasteiger partial charge on any atom is 0.317 e. The van der Waals surface area contributed by atoms with Gasteiger partial charge in [0.15, 0.2) is 0 Å². The average Bonchev–Trinajstić information content (AvgIpc) is 2.64. The molecule has 0 saturated carbocycles. The number of benzene rings is 1. The number of rotatable bonds is 8. The van der Waals surface area contributed by atoms with Gasteiger partial charge in [0.1, 0.15) is 5.75 Å². The lowest BCUT2D eigenvalue weighted by Gasteiger charge is -2.32. The Kier molecular flexibility index (Phi) is 7.53. The maximum atomic E-state index is 12.0. The molecule has 1 saturated heterocycles. The van der Waals surface area contributed by atoms with Gasteiger partial charge in [-0.05, 0) is 25.3 Å². The van der Waals surface area contributed by atoms with Gasteiger partial charge >= 0.3 is 12.0 Å². The van der Waals surface area contributed by atoms with E-state index in [0.717, 1.165) is 24.2 Å². The van der Waals surface area contributed by atoms with Gasteiger partial charge in [-0.2, -0.15) is 0 Å². The topological polar surface area (TPSA) is 88.1 Å². The quantitative estimate of drug-likeness (QED) is 0.702. The SMILES string of the molecule is COc1ccccc1COC1CCN(C(=O)NCCCC(=O)O)CC1. The number of carbonyl (C=O) groups excluding carboxylic acids is 1. The largest absolute Gasteiger partial charge is 0.496 e. The first-order chi connectivity index (χ1) is 12.1. The number of amides is 2. The summed E-state index contributed by atoms with van der Waals surface area (Å²) < 4.78 is 11.3. The zero-order valence-electron chi connectivity index (χ0n) is 14.6. The van der Waals surface area contributed by atoms with Crippen molar-refractivity contribution in [1.29, 1.82) is 0 Å². The number of carbonyl (C=O) groups is 2. The van der Waals surface area contributed by atoms with Crippen molar-refractivity contribution in [3.05, 3.63) is 29.8 Å². The molecule has 1 heterocycles. The fourth-order valence-electron chi connectivity index (χ4n) is 2.80. The van der Waals surface area contributed by atoms with E-state index in [1.165, 1.54) is 0 Å². The first kappa shape index (κ1) is 19.1. The monoisotopic (exact) mass is 350 g/mol. The molecule has 25 heavy (non-hydrogen) atoms. The lowest BCUT2D eigenvalue weighted by Crippen LogP contribution is -2.46. The number of likely N-dealkylation sites (tertiary alicyclic amines) is 1. The molecule has 0 unspecified atom stereocenters.